The van der Waals surface area contributed by atoms with Crippen LogP contribution in [0.2, 0.25) is 0 Å². The number of nitrogens with one attached hydrogen (secondary N) is 1. The first kappa shape index (κ1) is 22.6. The fourth-order valence-electron chi connectivity index (χ4n) is 4.22. The van der Waals surface area contributed by atoms with Gasteiger partial charge in [0.25, 0.3) is 5.91 Å². The van der Waals surface area contributed by atoms with Gasteiger partial charge in [0.05, 0.1) is 5.56 Å². The van der Waals surface area contributed by atoms with E-state index < -0.39 is 11.7 Å². The highest BCUT2D eigenvalue weighted by Crippen LogP contribution is 2.29. The van der Waals surface area contributed by atoms with Crippen LogP contribution in [0.15, 0.2) is 24.3 Å². The standard InChI is InChI=1S/C22H30F3N3O2/c1-27-12-7-16(8-13-27)6-11-26-20(29)17-9-14-28(15-10-17)21(30)18-2-4-19(5-3-18)22(23,24)25/h2-5,16-17H,6-15H2,1H3,(H,26,29). The van der Waals surface area contributed by atoms with E-state index in [0.29, 0.717) is 38.4 Å². The third-order valence-corrected chi connectivity index (χ3v) is 6.30. The number of rotatable bonds is 5. The summed E-state index contributed by atoms with van der Waals surface area (Å²) in [5.41, 5.74) is -0.529. The molecule has 8 heteroatoms. The lowest BCUT2D eigenvalue weighted by Gasteiger charge is -2.32. The Morgan fingerprint density at radius 1 is 1.00 bits per heavy atom. The molecule has 0 aliphatic carbocycles. The molecule has 0 aromatic heterocycles. The normalized spacial score (nSPS) is 19.7. The third-order valence-electron chi connectivity index (χ3n) is 6.30. The van der Waals surface area contributed by atoms with Crippen LogP contribution in [0.1, 0.15) is 48.0 Å². The highest BCUT2D eigenvalue weighted by atomic mass is 19.4. The molecule has 0 atom stereocenters. The predicted molar refractivity (Wildman–Crippen MR) is 108 cm³/mol. The van der Waals surface area contributed by atoms with E-state index in [1.54, 1.807) is 4.90 Å². The van der Waals surface area contributed by atoms with Gasteiger partial charge in [-0.25, -0.2) is 0 Å². The number of nitrogens with zero attached hydrogens (tertiary/aromatic N) is 2. The molecule has 1 aromatic carbocycles. The van der Waals surface area contributed by atoms with E-state index in [2.05, 4.69) is 17.3 Å². The van der Waals surface area contributed by atoms with Crippen LogP contribution in [0.4, 0.5) is 13.2 Å². The summed E-state index contributed by atoms with van der Waals surface area (Å²) >= 11 is 0. The molecule has 1 N–H and O–H groups in total. The fraction of sp³-hybridized carbons (Fsp3) is 0.636. The Hall–Kier alpha value is -2.09. The van der Waals surface area contributed by atoms with E-state index in [0.717, 1.165) is 31.6 Å². The van der Waals surface area contributed by atoms with Gasteiger partial charge in [-0.1, -0.05) is 0 Å². The maximum Gasteiger partial charge on any atom is 0.416 e. The summed E-state index contributed by atoms with van der Waals surface area (Å²) in [4.78, 5) is 28.9. The highest BCUT2D eigenvalue weighted by Gasteiger charge is 2.31. The number of amides is 2. The molecule has 0 bridgehead atoms. The lowest BCUT2D eigenvalue weighted by atomic mass is 9.93. The maximum atomic E-state index is 12.7. The summed E-state index contributed by atoms with van der Waals surface area (Å²) in [7, 11) is 2.13. The van der Waals surface area contributed by atoms with Gasteiger partial charge in [0.2, 0.25) is 5.91 Å². The number of carbonyl (C=O) groups is 2. The molecule has 0 radical (unpaired) electrons. The van der Waals surface area contributed by atoms with Crippen molar-refractivity contribution >= 4 is 11.8 Å². The van der Waals surface area contributed by atoms with Crippen LogP contribution >= 0.6 is 0 Å². The van der Waals surface area contributed by atoms with Crippen molar-refractivity contribution in [2.75, 3.05) is 39.8 Å². The maximum absolute atomic E-state index is 12.7. The second-order valence-electron chi connectivity index (χ2n) is 8.47. The molecule has 5 nitrogen and oxygen atoms in total. The Bertz CT molecular complexity index is 720. The average molecular weight is 425 g/mol. The summed E-state index contributed by atoms with van der Waals surface area (Å²) < 4.78 is 38.0. The van der Waals surface area contributed by atoms with Gasteiger partial charge in [-0.3, -0.25) is 9.59 Å². The monoisotopic (exact) mass is 425 g/mol. The first-order valence-electron chi connectivity index (χ1n) is 10.7. The van der Waals surface area contributed by atoms with Crippen molar-refractivity contribution in [1.82, 2.24) is 15.1 Å². The minimum atomic E-state index is -4.42. The van der Waals surface area contributed by atoms with Crippen molar-refractivity contribution in [3.05, 3.63) is 35.4 Å². The summed E-state index contributed by atoms with van der Waals surface area (Å²) in [6, 6.07) is 4.29. The van der Waals surface area contributed by atoms with E-state index >= 15 is 0 Å². The first-order chi connectivity index (χ1) is 14.2. The smallest absolute Gasteiger partial charge is 0.356 e. The number of hydrogen-bond donors (Lipinski definition) is 1. The minimum absolute atomic E-state index is 0.0459. The van der Waals surface area contributed by atoms with Gasteiger partial charge >= 0.3 is 6.18 Å². The topological polar surface area (TPSA) is 52.7 Å². The SMILES string of the molecule is CN1CCC(CCNC(=O)C2CCN(C(=O)c3ccc(C(F)(F)F)cc3)CC2)CC1. The van der Waals surface area contributed by atoms with Gasteiger partial charge in [-0.05, 0) is 82.4 Å². The molecule has 0 saturated carbocycles. The van der Waals surface area contributed by atoms with Crippen LogP contribution < -0.4 is 5.32 Å². The van der Waals surface area contributed by atoms with E-state index in [1.165, 1.54) is 25.0 Å². The molecule has 2 fully saturated rings. The van der Waals surface area contributed by atoms with Crippen molar-refractivity contribution in [2.45, 2.75) is 38.3 Å². The minimum Gasteiger partial charge on any atom is -0.356 e. The number of hydrogen-bond acceptors (Lipinski definition) is 3. The molecule has 2 amide bonds. The Balaban J connectivity index is 1.40. The van der Waals surface area contributed by atoms with Crippen LogP contribution in [0.3, 0.4) is 0 Å². The van der Waals surface area contributed by atoms with Crippen molar-refractivity contribution in [3.63, 3.8) is 0 Å². The van der Waals surface area contributed by atoms with Crippen LogP contribution in [0, 0.1) is 11.8 Å². The van der Waals surface area contributed by atoms with Gasteiger partial charge in [0.1, 0.15) is 0 Å². The zero-order chi connectivity index (χ0) is 21.7. The largest absolute Gasteiger partial charge is 0.416 e. The Morgan fingerprint density at radius 3 is 2.17 bits per heavy atom. The van der Waals surface area contributed by atoms with Crippen molar-refractivity contribution in [3.8, 4) is 0 Å². The van der Waals surface area contributed by atoms with Gasteiger partial charge in [-0.2, -0.15) is 13.2 Å². The molecular weight excluding hydrogens is 395 g/mol. The van der Waals surface area contributed by atoms with Crippen LogP contribution in [-0.4, -0.2) is 61.4 Å². The quantitative estimate of drug-likeness (QED) is 0.787. The molecule has 166 valence electrons. The van der Waals surface area contributed by atoms with E-state index in [4.69, 9.17) is 0 Å². The van der Waals surface area contributed by atoms with Gasteiger partial charge in [-0.15, -0.1) is 0 Å². The highest BCUT2D eigenvalue weighted by molar-refractivity contribution is 5.94. The van der Waals surface area contributed by atoms with Crippen LogP contribution in [-0.2, 0) is 11.0 Å². The molecule has 2 aliphatic rings. The lowest BCUT2D eigenvalue weighted by molar-refractivity contribution is -0.137. The zero-order valence-corrected chi connectivity index (χ0v) is 17.4. The summed E-state index contributed by atoms with van der Waals surface area (Å²) in [6.45, 7) is 3.80. The molecule has 1 aromatic rings. The van der Waals surface area contributed by atoms with Crippen molar-refractivity contribution in [1.29, 1.82) is 0 Å². The second-order valence-corrected chi connectivity index (χ2v) is 8.47. The van der Waals surface area contributed by atoms with Crippen molar-refractivity contribution in [2.24, 2.45) is 11.8 Å². The second kappa shape index (κ2) is 9.81. The molecule has 0 unspecified atom stereocenters. The van der Waals surface area contributed by atoms with Crippen LogP contribution in [0.25, 0.3) is 0 Å². The van der Waals surface area contributed by atoms with E-state index in [1.807, 2.05) is 0 Å². The number of piperidine rings is 2. The number of likely N-dealkylation sites (tertiary alicyclic amines) is 2. The molecule has 2 heterocycles. The molecule has 30 heavy (non-hydrogen) atoms. The predicted octanol–water partition coefficient (Wildman–Crippen LogP) is 3.41. The average Bonchev–Trinajstić information content (AvgIpc) is 2.74. The molecular formula is C22H30F3N3O2. The van der Waals surface area contributed by atoms with Crippen molar-refractivity contribution < 1.29 is 22.8 Å². The Morgan fingerprint density at radius 2 is 1.60 bits per heavy atom. The number of carbonyl (C=O) groups excluding carboxylic acids is 2. The third kappa shape index (κ3) is 5.97. The Labute approximate surface area is 175 Å². The van der Waals surface area contributed by atoms with Gasteiger partial charge in [0.15, 0.2) is 0 Å². The van der Waals surface area contributed by atoms with Gasteiger partial charge in [0, 0.05) is 31.1 Å². The molecule has 0 spiro atoms. The molecule has 2 aliphatic heterocycles. The van der Waals surface area contributed by atoms with Gasteiger partial charge < -0.3 is 15.1 Å². The first-order valence-corrected chi connectivity index (χ1v) is 10.7. The molecule has 3 rings (SSSR count). The lowest BCUT2D eigenvalue weighted by Crippen LogP contribution is -2.43. The number of alkyl halides is 3. The molecule has 2 saturated heterocycles. The van der Waals surface area contributed by atoms with E-state index in [-0.39, 0.29) is 23.3 Å². The summed E-state index contributed by atoms with van der Waals surface area (Å²) in [6.07, 6.45) is 0.0952. The zero-order valence-electron chi connectivity index (χ0n) is 17.4. The van der Waals surface area contributed by atoms with Crippen LogP contribution in [0.5, 0.6) is 0 Å². The summed E-state index contributed by atoms with van der Waals surface area (Å²) in [5.74, 6) is 0.318. The fourth-order valence-corrected chi connectivity index (χ4v) is 4.22. The Kier molecular flexibility index (Phi) is 7.39. The number of halogens is 3. The number of benzene rings is 1. The summed E-state index contributed by atoms with van der Waals surface area (Å²) in [5, 5.41) is 3.04. The van der Waals surface area contributed by atoms with E-state index in [9.17, 15) is 22.8 Å².